The van der Waals surface area contributed by atoms with Crippen molar-refractivity contribution in [3.05, 3.63) is 35.2 Å². The van der Waals surface area contributed by atoms with Gasteiger partial charge in [-0.3, -0.25) is 4.99 Å². The van der Waals surface area contributed by atoms with Crippen LogP contribution >= 0.6 is 0 Å². The van der Waals surface area contributed by atoms with Crippen LogP contribution in [0.15, 0.2) is 40.2 Å². The SMILES string of the molecule is NC1=C2C=C(F)C(F)=CC2N=CN1. The highest BCUT2D eigenvalue weighted by molar-refractivity contribution is 5.63. The molecule has 0 amide bonds. The first-order chi connectivity index (χ1) is 6.18. The van der Waals surface area contributed by atoms with E-state index in [4.69, 9.17) is 5.73 Å². The smallest absolute Gasteiger partial charge is 0.159 e. The number of allylic oxidation sites excluding steroid dienone is 2. The number of rotatable bonds is 0. The van der Waals surface area contributed by atoms with Crippen LogP contribution in [-0.2, 0) is 0 Å². The minimum atomic E-state index is -0.909. The van der Waals surface area contributed by atoms with E-state index < -0.39 is 17.7 Å². The Labute approximate surface area is 73.3 Å². The van der Waals surface area contributed by atoms with Gasteiger partial charge in [0.05, 0.1) is 6.34 Å². The van der Waals surface area contributed by atoms with Crippen LogP contribution in [0.3, 0.4) is 0 Å². The van der Waals surface area contributed by atoms with Gasteiger partial charge < -0.3 is 11.1 Å². The molecule has 5 heteroatoms. The highest BCUT2D eigenvalue weighted by Gasteiger charge is 2.23. The first kappa shape index (κ1) is 7.97. The maximum absolute atomic E-state index is 12.8. The summed E-state index contributed by atoms with van der Waals surface area (Å²) in [7, 11) is 0. The number of aliphatic imine (C=N–C) groups is 1. The summed E-state index contributed by atoms with van der Waals surface area (Å²) in [4.78, 5) is 3.89. The number of halogens is 2. The summed E-state index contributed by atoms with van der Waals surface area (Å²) in [6, 6.07) is -0.499. The minimum absolute atomic E-state index is 0.305. The second kappa shape index (κ2) is 2.69. The molecule has 0 saturated heterocycles. The van der Waals surface area contributed by atoms with Crippen LogP contribution in [0, 0.1) is 0 Å². The van der Waals surface area contributed by atoms with E-state index in [1.165, 1.54) is 6.34 Å². The van der Waals surface area contributed by atoms with E-state index in [1.54, 1.807) is 0 Å². The summed E-state index contributed by atoms with van der Waals surface area (Å²) in [5.74, 6) is -1.49. The first-order valence-corrected chi connectivity index (χ1v) is 3.71. The predicted molar refractivity (Wildman–Crippen MR) is 45.0 cm³/mol. The third-order valence-electron chi connectivity index (χ3n) is 1.90. The van der Waals surface area contributed by atoms with Crippen LogP contribution in [-0.4, -0.2) is 12.4 Å². The molecule has 1 aliphatic heterocycles. The lowest BCUT2D eigenvalue weighted by Crippen LogP contribution is -2.29. The van der Waals surface area contributed by atoms with Crippen molar-refractivity contribution >= 4 is 6.34 Å². The number of hydrogen-bond acceptors (Lipinski definition) is 3. The van der Waals surface area contributed by atoms with E-state index in [2.05, 4.69) is 10.3 Å². The monoisotopic (exact) mass is 183 g/mol. The van der Waals surface area contributed by atoms with Gasteiger partial charge in [0.15, 0.2) is 11.7 Å². The van der Waals surface area contributed by atoms with E-state index in [-0.39, 0.29) is 0 Å². The Hall–Kier alpha value is -1.65. The summed E-state index contributed by atoms with van der Waals surface area (Å²) in [6.45, 7) is 0. The number of nitrogens with zero attached hydrogens (tertiary/aromatic N) is 1. The van der Waals surface area contributed by atoms with Crippen LogP contribution in [0.4, 0.5) is 8.78 Å². The highest BCUT2D eigenvalue weighted by Crippen LogP contribution is 2.27. The van der Waals surface area contributed by atoms with Gasteiger partial charge in [0.1, 0.15) is 11.9 Å². The summed E-state index contributed by atoms with van der Waals surface area (Å²) < 4.78 is 25.5. The van der Waals surface area contributed by atoms with Crippen molar-refractivity contribution in [2.24, 2.45) is 10.7 Å². The lowest BCUT2D eigenvalue weighted by Gasteiger charge is -2.20. The molecule has 1 atom stereocenters. The van der Waals surface area contributed by atoms with Crippen LogP contribution in [0.25, 0.3) is 0 Å². The van der Waals surface area contributed by atoms with Crippen LogP contribution < -0.4 is 11.1 Å². The molecule has 2 rings (SSSR count). The van der Waals surface area contributed by atoms with E-state index in [0.29, 0.717) is 11.4 Å². The Morgan fingerprint density at radius 2 is 2.15 bits per heavy atom. The zero-order chi connectivity index (χ0) is 9.42. The molecular formula is C8H7F2N3. The van der Waals surface area contributed by atoms with Crippen molar-refractivity contribution in [2.75, 3.05) is 0 Å². The van der Waals surface area contributed by atoms with Crippen LogP contribution in [0.2, 0.25) is 0 Å². The van der Waals surface area contributed by atoms with Crippen LogP contribution in [0.5, 0.6) is 0 Å². The molecular weight excluding hydrogens is 176 g/mol. The predicted octanol–water partition coefficient (Wildman–Crippen LogP) is 0.877. The normalized spacial score (nSPS) is 26.2. The molecule has 1 heterocycles. The van der Waals surface area contributed by atoms with Crippen molar-refractivity contribution in [3.63, 3.8) is 0 Å². The van der Waals surface area contributed by atoms with Gasteiger partial charge in [0.2, 0.25) is 0 Å². The van der Waals surface area contributed by atoms with Gasteiger partial charge in [0.25, 0.3) is 0 Å². The Kier molecular flexibility index (Phi) is 1.65. The quantitative estimate of drug-likeness (QED) is 0.585. The van der Waals surface area contributed by atoms with Gasteiger partial charge in [-0.15, -0.1) is 0 Å². The fourth-order valence-electron chi connectivity index (χ4n) is 1.23. The summed E-state index contributed by atoms with van der Waals surface area (Å²) in [5, 5.41) is 2.62. The molecule has 13 heavy (non-hydrogen) atoms. The van der Waals surface area contributed by atoms with Gasteiger partial charge in [-0.05, 0) is 12.2 Å². The largest absolute Gasteiger partial charge is 0.385 e. The molecule has 3 nitrogen and oxygen atoms in total. The summed E-state index contributed by atoms with van der Waals surface area (Å²) in [5.41, 5.74) is 5.97. The topological polar surface area (TPSA) is 50.4 Å². The van der Waals surface area contributed by atoms with Gasteiger partial charge in [-0.25, -0.2) is 8.78 Å². The maximum Gasteiger partial charge on any atom is 0.159 e. The Bertz CT molecular complexity index is 366. The number of nitrogens with one attached hydrogen (secondary N) is 1. The molecule has 1 aliphatic carbocycles. The third kappa shape index (κ3) is 1.22. The molecule has 1 unspecified atom stereocenters. The fraction of sp³-hybridized carbons (Fsp3) is 0.125. The van der Waals surface area contributed by atoms with Crippen molar-refractivity contribution in [3.8, 4) is 0 Å². The van der Waals surface area contributed by atoms with Crippen LogP contribution in [0.1, 0.15) is 0 Å². The molecule has 0 radical (unpaired) electrons. The molecule has 0 spiro atoms. The van der Waals surface area contributed by atoms with Gasteiger partial charge in [0, 0.05) is 5.57 Å². The average Bonchev–Trinajstić information content (AvgIpc) is 2.09. The van der Waals surface area contributed by atoms with E-state index in [1.807, 2.05) is 0 Å². The number of hydrogen-bond donors (Lipinski definition) is 2. The zero-order valence-electron chi connectivity index (χ0n) is 6.59. The third-order valence-corrected chi connectivity index (χ3v) is 1.90. The molecule has 0 aromatic carbocycles. The molecule has 68 valence electrons. The van der Waals surface area contributed by atoms with E-state index >= 15 is 0 Å². The molecule has 0 fully saturated rings. The molecule has 2 aliphatic rings. The van der Waals surface area contributed by atoms with E-state index in [9.17, 15) is 8.78 Å². The Morgan fingerprint density at radius 3 is 2.92 bits per heavy atom. The Morgan fingerprint density at radius 1 is 1.38 bits per heavy atom. The second-order valence-electron chi connectivity index (χ2n) is 2.74. The first-order valence-electron chi connectivity index (χ1n) is 3.71. The molecule has 0 aromatic heterocycles. The molecule has 0 aromatic rings. The lowest BCUT2D eigenvalue weighted by atomic mass is 10.0. The molecule has 3 N–H and O–H groups in total. The standard InChI is InChI=1S/C8H7F2N3/c9-5-1-4-7(2-6(5)10)12-3-13-8(4)11/h1-3,7H,11H2,(H,12,13). The van der Waals surface area contributed by atoms with Crippen molar-refractivity contribution in [2.45, 2.75) is 6.04 Å². The van der Waals surface area contributed by atoms with Gasteiger partial charge in [-0.2, -0.15) is 0 Å². The van der Waals surface area contributed by atoms with Crippen molar-refractivity contribution in [1.29, 1.82) is 0 Å². The maximum atomic E-state index is 12.8. The number of fused-ring (bicyclic) bond motifs is 1. The lowest BCUT2D eigenvalue weighted by molar-refractivity contribution is 0.532. The minimum Gasteiger partial charge on any atom is -0.385 e. The van der Waals surface area contributed by atoms with Crippen molar-refractivity contribution < 1.29 is 8.78 Å². The van der Waals surface area contributed by atoms with E-state index in [0.717, 1.165) is 12.2 Å². The highest BCUT2D eigenvalue weighted by atomic mass is 19.2. The molecule has 0 bridgehead atoms. The molecule has 0 saturated carbocycles. The fourth-order valence-corrected chi connectivity index (χ4v) is 1.23. The average molecular weight is 183 g/mol. The second-order valence-corrected chi connectivity index (χ2v) is 2.74. The summed E-state index contributed by atoms with van der Waals surface area (Å²) in [6.07, 6.45) is 3.51. The van der Waals surface area contributed by atoms with Gasteiger partial charge in [-0.1, -0.05) is 0 Å². The summed E-state index contributed by atoms with van der Waals surface area (Å²) >= 11 is 0. The van der Waals surface area contributed by atoms with Gasteiger partial charge >= 0.3 is 0 Å². The van der Waals surface area contributed by atoms with Crippen molar-refractivity contribution in [1.82, 2.24) is 5.32 Å². The zero-order valence-corrected chi connectivity index (χ0v) is 6.59. The Balaban J connectivity index is 2.46. The number of nitrogens with two attached hydrogens (primary N) is 1.